The zero-order valence-electron chi connectivity index (χ0n) is 12.3. The second-order valence-corrected chi connectivity index (χ2v) is 5.17. The number of hydrogen-bond donors (Lipinski definition) is 2. The van der Waals surface area contributed by atoms with Crippen molar-refractivity contribution >= 4 is 5.91 Å². The highest BCUT2D eigenvalue weighted by atomic mass is 16.3. The Kier molecular flexibility index (Phi) is 5.05. The van der Waals surface area contributed by atoms with E-state index in [9.17, 15) is 4.79 Å². The van der Waals surface area contributed by atoms with E-state index in [-0.39, 0.29) is 18.4 Å². The lowest BCUT2D eigenvalue weighted by atomic mass is 10.1. The summed E-state index contributed by atoms with van der Waals surface area (Å²) in [6.07, 6.45) is 3.77. The first-order chi connectivity index (χ1) is 10.1. The van der Waals surface area contributed by atoms with Crippen LogP contribution in [-0.4, -0.2) is 38.9 Å². The van der Waals surface area contributed by atoms with Gasteiger partial charge >= 0.3 is 0 Å². The van der Waals surface area contributed by atoms with Gasteiger partial charge in [0, 0.05) is 18.7 Å². The molecular formula is C15H20N4O2. The number of rotatable bonds is 6. The number of benzene rings is 1. The van der Waals surface area contributed by atoms with E-state index >= 15 is 0 Å². The number of carbonyl (C=O) groups is 1. The number of amides is 1. The molecule has 2 N–H and O–H groups in total. The second-order valence-electron chi connectivity index (χ2n) is 5.17. The number of aliphatic hydroxyl groups is 1. The smallest absolute Gasteiger partial charge is 0.251 e. The second kappa shape index (κ2) is 6.99. The molecule has 1 aromatic carbocycles. The Morgan fingerprint density at radius 2 is 2.29 bits per heavy atom. The van der Waals surface area contributed by atoms with Crippen molar-refractivity contribution in [1.82, 2.24) is 20.1 Å². The number of nitrogens with zero attached hydrogens (tertiary/aromatic N) is 3. The van der Waals surface area contributed by atoms with Gasteiger partial charge in [-0.1, -0.05) is 6.92 Å². The van der Waals surface area contributed by atoms with Crippen molar-refractivity contribution in [3.8, 4) is 5.69 Å². The molecule has 1 aromatic heterocycles. The standard InChI is InChI=1S/C15H20N4O2/c1-11(5-6-20)8-17-15(21)14-4-3-13(7-12(14)2)19-10-16-9-18-19/h3-4,7,9-11,20H,5-6,8H2,1-2H3,(H,17,21). The molecule has 0 aliphatic carbocycles. The average molecular weight is 288 g/mol. The van der Waals surface area contributed by atoms with Gasteiger partial charge in [0.2, 0.25) is 0 Å². The molecule has 1 unspecified atom stereocenters. The number of aromatic nitrogens is 3. The van der Waals surface area contributed by atoms with Crippen molar-refractivity contribution in [1.29, 1.82) is 0 Å². The molecular weight excluding hydrogens is 268 g/mol. The lowest BCUT2D eigenvalue weighted by Gasteiger charge is -2.13. The van der Waals surface area contributed by atoms with Crippen LogP contribution in [-0.2, 0) is 0 Å². The van der Waals surface area contributed by atoms with Gasteiger partial charge in [0.05, 0.1) is 5.69 Å². The van der Waals surface area contributed by atoms with E-state index in [0.29, 0.717) is 18.5 Å². The fourth-order valence-corrected chi connectivity index (χ4v) is 2.07. The van der Waals surface area contributed by atoms with E-state index < -0.39 is 0 Å². The fraction of sp³-hybridized carbons (Fsp3) is 0.400. The van der Waals surface area contributed by atoms with Crippen LogP contribution in [0.15, 0.2) is 30.9 Å². The summed E-state index contributed by atoms with van der Waals surface area (Å²) in [4.78, 5) is 16.1. The van der Waals surface area contributed by atoms with Crippen molar-refractivity contribution in [2.75, 3.05) is 13.2 Å². The molecule has 2 rings (SSSR count). The van der Waals surface area contributed by atoms with E-state index in [1.165, 1.54) is 6.33 Å². The van der Waals surface area contributed by atoms with Crippen LogP contribution in [0.4, 0.5) is 0 Å². The Balaban J connectivity index is 2.05. The summed E-state index contributed by atoms with van der Waals surface area (Å²) in [5, 5.41) is 15.8. The van der Waals surface area contributed by atoms with Gasteiger partial charge in [-0.25, -0.2) is 9.67 Å². The van der Waals surface area contributed by atoms with E-state index in [1.807, 2.05) is 26.0 Å². The molecule has 21 heavy (non-hydrogen) atoms. The SMILES string of the molecule is Cc1cc(-n2cncn2)ccc1C(=O)NCC(C)CCO. The summed E-state index contributed by atoms with van der Waals surface area (Å²) in [7, 11) is 0. The molecule has 0 aliphatic rings. The number of aryl methyl sites for hydroxylation is 1. The van der Waals surface area contributed by atoms with Crippen LogP contribution in [0.1, 0.15) is 29.3 Å². The van der Waals surface area contributed by atoms with Crippen LogP contribution in [0, 0.1) is 12.8 Å². The Labute approximate surface area is 123 Å². The first-order valence-corrected chi connectivity index (χ1v) is 6.96. The van der Waals surface area contributed by atoms with Crippen LogP contribution in [0.25, 0.3) is 5.69 Å². The maximum absolute atomic E-state index is 12.2. The Morgan fingerprint density at radius 1 is 1.48 bits per heavy atom. The van der Waals surface area contributed by atoms with Gasteiger partial charge in [0.25, 0.3) is 5.91 Å². The third kappa shape index (κ3) is 3.88. The first kappa shape index (κ1) is 15.2. The Bertz CT molecular complexity index is 596. The van der Waals surface area contributed by atoms with Crippen molar-refractivity contribution < 1.29 is 9.90 Å². The van der Waals surface area contributed by atoms with Crippen molar-refractivity contribution in [3.63, 3.8) is 0 Å². The number of nitrogens with one attached hydrogen (secondary N) is 1. The zero-order chi connectivity index (χ0) is 15.2. The maximum Gasteiger partial charge on any atom is 0.251 e. The molecule has 6 nitrogen and oxygen atoms in total. The van der Waals surface area contributed by atoms with Crippen LogP contribution in [0.2, 0.25) is 0 Å². The van der Waals surface area contributed by atoms with E-state index in [1.54, 1.807) is 17.1 Å². The van der Waals surface area contributed by atoms with Crippen LogP contribution < -0.4 is 5.32 Å². The minimum absolute atomic E-state index is 0.0950. The predicted molar refractivity (Wildman–Crippen MR) is 79.3 cm³/mol. The topological polar surface area (TPSA) is 80.0 Å². The molecule has 0 aliphatic heterocycles. The summed E-state index contributed by atoms with van der Waals surface area (Å²) in [6.45, 7) is 4.59. The third-order valence-electron chi connectivity index (χ3n) is 3.37. The molecule has 0 fully saturated rings. The summed E-state index contributed by atoms with van der Waals surface area (Å²) >= 11 is 0. The highest BCUT2D eigenvalue weighted by molar-refractivity contribution is 5.95. The van der Waals surface area contributed by atoms with Crippen LogP contribution >= 0.6 is 0 Å². The Hall–Kier alpha value is -2.21. The normalized spacial score (nSPS) is 12.1. The molecule has 1 heterocycles. The summed E-state index contributed by atoms with van der Waals surface area (Å²) in [5.41, 5.74) is 2.40. The van der Waals surface area contributed by atoms with Gasteiger partial charge in [-0.05, 0) is 43.0 Å². The molecule has 0 bridgehead atoms. The molecule has 0 spiro atoms. The predicted octanol–water partition coefficient (Wildman–Crippen LogP) is 1.32. The van der Waals surface area contributed by atoms with Crippen molar-refractivity contribution in [3.05, 3.63) is 42.0 Å². The minimum Gasteiger partial charge on any atom is -0.396 e. The summed E-state index contributed by atoms with van der Waals surface area (Å²) in [5.74, 6) is 0.163. The van der Waals surface area contributed by atoms with E-state index in [2.05, 4.69) is 15.4 Å². The summed E-state index contributed by atoms with van der Waals surface area (Å²) < 4.78 is 1.65. The Morgan fingerprint density at radius 3 is 2.90 bits per heavy atom. The van der Waals surface area contributed by atoms with Crippen LogP contribution in [0.5, 0.6) is 0 Å². The number of aliphatic hydroxyl groups excluding tert-OH is 1. The molecule has 0 saturated heterocycles. The molecule has 0 radical (unpaired) electrons. The molecule has 0 saturated carbocycles. The first-order valence-electron chi connectivity index (χ1n) is 6.96. The quantitative estimate of drug-likeness (QED) is 0.840. The number of carbonyl (C=O) groups excluding carboxylic acids is 1. The van der Waals surface area contributed by atoms with E-state index in [4.69, 9.17) is 5.11 Å². The van der Waals surface area contributed by atoms with Gasteiger partial charge < -0.3 is 10.4 Å². The van der Waals surface area contributed by atoms with Gasteiger partial charge in [-0.3, -0.25) is 4.79 Å². The molecule has 112 valence electrons. The maximum atomic E-state index is 12.2. The van der Waals surface area contributed by atoms with Gasteiger partial charge in [0.15, 0.2) is 0 Å². The minimum atomic E-state index is -0.0950. The lowest BCUT2D eigenvalue weighted by Crippen LogP contribution is -2.29. The number of hydrogen-bond acceptors (Lipinski definition) is 4. The molecule has 6 heteroatoms. The average Bonchev–Trinajstić information content (AvgIpc) is 2.99. The highest BCUT2D eigenvalue weighted by Crippen LogP contribution is 2.14. The van der Waals surface area contributed by atoms with Gasteiger partial charge in [0.1, 0.15) is 12.7 Å². The molecule has 1 amide bonds. The zero-order valence-corrected chi connectivity index (χ0v) is 12.3. The largest absolute Gasteiger partial charge is 0.396 e. The lowest BCUT2D eigenvalue weighted by molar-refractivity contribution is 0.0945. The third-order valence-corrected chi connectivity index (χ3v) is 3.37. The molecule has 2 aromatic rings. The van der Waals surface area contributed by atoms with E-state index in [0.717, 1.165) is 11.3 Å². The van der Waals surface area contributed by atoms with Crippen molar-refractivity contribution in [2.24, 2.45) is 5.92 Å². The monoisotopic (exact) mass is 288 g/mol. The van der Waals surface area contributed by atoms with Gasteiger partial charge in [-0.15, -0.1) is 0 Å². The van der Waals surface area contributed by atoms with Gasteiger partial charge in [-0.2, -0.15) is 5.10 Å². The highest BCUT2D eigenvalue weighted by Gasteiger charge is 2.11. The molecule has 1 atom stereocenters. The summed E-state index contributed by atoms with van der Waals surface area (Å²) in [6, 6.07) is 5.53. The van der Waals surface area contributed by atoms with Crippen molar-refractivity contribution in [2.45, 2.75) is 20.3 Å². The van der Waals surface area contributed by atoms with Crippen LogP contribution in [0.3, 0.4) is 0 Å². The fourth-order valence-electron chi connectivity index (χ4n) is 2.07.